The van der Waals surface area contributed by atoms with Gasteiger partial charge in [0.1, 0.15) is 0 Å². The lowest BCUT2D eigenvalue weighted by molar-refractivity contribution is -0.117. The number of nitrogens with one attached hydrogen (secondary N) is 1. The molecule has 5 nitrogen and oxygen atoms in total. The average Bonchev–Trinajstić information content (AvgIpc) is 2.59. The van der Waals surface area contributed by atoms with E-state index in [4.69, 9.17) is 9.47 Å². The van der Waals surface area contributed by atoms with Gasteiger partial charge in [-0.25, -0.2) is 0 Å². The fourth-order valence-electron chi connectivity index (χ4n) is 2.89. The van der Waals surface area contributed by atoms with Gasteiger partial charge in [-0.05, 0) is 56.6 Å². The van der Waals surface area contributed by atoms with Gasteiger partial charge in [-0.3, -0.25) is 9.69 Å². The van der Waals surface area contributed by atoms with E-state index < -0.39 is 0 Å². The van der Waals surface area contributed by atoms with Gasteiger partial charge in [0.25, 0.3) is 0 Å². The van der Waals surface area contributed by atoms with E-state index in [0.717, 1.165) is 28.1 Å². The van der Waals surface area contributed by atoms with Gasteiger partial charge in [0, 0.05) is 12.2 Å². The van der Waals surface area contributed by atoms with Gasteiger partial charge in [-0.2, -0.15) is 0 Å². The Labute approximate surface area is 155 Å². The Hall–Kier alpha value is -2.53. The zero-order chi connectivity index (χ0) is 19.1. The Bertz CT molecular complexity index is 739. The molecule has 5 heteroatoms. The zero-order valence-corrected chi connectivity index (χ0v) is 16.3. The number of ether oxygens (including phenoxy) is 2. The molecule has 0 heterocycles. The van der Waals surface area contributed by atoms with Crippen molar-refractivity contribution >= 4 is 11.6 Å². The molecule has 0 aliphatic heterocycles. The lowest BCUT2D eigenvalue weighted by Crippen LogP contribution is -2.30. The molecule has 2 aromatic carbocycles. The van der Waals surface area contributed by atoms with Gasteiger partial charge in [0.15, 0.2) is 11.5 Å². The quantitative estimate of drug-likeness (QED) is 0.782. The number of rotatable bonds is 8. The minimum Gasteiger partial charge on any atom is -0.493 e. The van der Waals surface area contributed by atoms with Crippen LogP contribution in [-0.4, -0.2) is 38.1 Å². The van der Waals surface area contributed by atoms with Crippen LogP contribution in [-0.2, 0) is 11.3 Å². The molecule has 0 spiro atoms. The molecule has 0 aromatic heterocycles. The Morgan fingerprint density at radius 3 is 2.42 bits per heavy atom. The maximum atomic E-state index is 12.4. The molecule has 0 atom stereocenters. The molecule has 1 amide bonds. The number of benzene rings is 2. The Balaban J connectivity index is 1.97. The number of methoxy groups -OCH3 is 1. The highest BCUT2D eigenvalue weighted by Crippen LogP contribution is 2.28. The molecule has 0 radical (unpaired) electrons. The highest BCUT2D eigenvalue weighted by atomic mass is 16.5. The van der Waals surface area contributed by atoms with Crippen LogP contribution in [0.4, 0.5) is 5.69 Å². The maximum absolute atomic E-state index is 12.4. The van der Waals surface area contributed by atoms with Crippen molar-refractivity contribution in [1.29, 1.82) is 0 Å². The standard InChI is InChI=1S/C21H28N2O3/c1-6-26-18-11-10-17(12-19(18)25-5)13-23(4)14-20(24)22-21-15(2)8-7-9-16(21)3/h7-12H,6,13-14H2,1-5H3,(H,22,24). The van der Waals surface area contributed by atoms with E-state index in [1.165, 1.54) is 0 Å². The number of carbonyl (C=O) groups is 1. The van der Waals surface area contributed by atoms with Crippen molar-refractivity contribution in [1.82, 2.24) is 4.90 Å². The van der Waals surface area contributed by atoms with Crippen LogP contribution in [0.15, 0.2) is 36.4 Å². The van der Waals surface area contributed by atoms with Crippen molar-refractivity contribution in [3.63, 3.8) is 0 Å². The predicted molar refractivity (Wildman–Crippen MR) is 105 cm³/mol. The largest absolute Gasteiger partial charge is 0.493 e. The fourth-order valence-corrected chi connectivity index (χ4v) is 2.89. The molecule has 0 bridgehead atoms. The molecule has 0 aliphatic carbocycles. The summed E-state index contributed by atoms with van der Waals surface area (Å²) < 4.78 is 10.9. The maximum Gasteiger partial charge on any atom is 0.238 e. The summed E-state index contributed by atoms with van der Waals surface area (Å²) in [5.41, 5.74) is 4.09. The van der Waals surface area contributed by atoms with E-state index in [2.05, 4.69) is 5.32 Å². The molecular weight excluding hydrogens is 328 g/mol. The van der Waals surface area contributed by atoms with E-state index in [1.807, 2.05) is 69.1 Å². The smallest absolute Gasteiger partial charge is 0.238 e. The highest BCUT2D eigenvalue weighted by molar-refractivity contribution is 5.93. The van der Waals surface area contributed by atoms with Crippen LogP contribution in [0.1, 0.15) is 23.6 Å². The van der Waals surface area contributed by atoms with E-state index in [-0.39, 0.29) is 5.91 Å². The topological polar surface area (TPSA) is 50.8 Å². The second-order valence-corrected chi connectivity index (χ2v) is 6.41. The van der Waals surface area contributed by atoms with Crippen LogP contribution < -0.4 is 14.8 Å². The van der Waals surface area contributed by atoms with E-state index in [9.17, 15) is 4.79 Å². The molecule has 2 aromatic rings. The summed E-state index contributed by atoms with van der Waals surface area (Å²) >= 11 is 0. The predicted octanol–water partition coefficient (Wildman–Crippen LogP) is 3.78. The molecule has 140 valence electrons. The summed E-state index contributed by atoms with van der Waals surface area (Å²) in [6, 6.07) is 11.8. The summed E-state index contributed by atoms with van der Waals surface area (Å²) in [6.45, 7) is 7.48. The molecule has 0 fully saturated rings. The number of para-hydroxylation sites is 1. The first kappa shape index (κ1) is 19.8. The van der Waals surface area contributed by atoms with Gasteiger partial charge in [0.05, 0.1) is 20.3 Å². The molecule has 0 aliphatic rings. The van der Waals surface area contributed by atoms with Crippen molar-refractivity contribution in [2.24, 2.45) is 0 Å². The number of nitrogens with zero attached hydrogens (tertiary/aromatic N) is 1. The van der Waals surface area contributed by atoms with Crippen molar-refractivity contribution in [2.75, 3.05) is 32.6 Å². The zero-order valence-electron chi connectivity index (χ0n) is 16.3. The summed E-state index contributed by atoms with van der Waals surface area (Å²) in [6.07, 6.45) is 0. The molecule has 0 unspecified atom stereocenters. The van der Waals surface area contributed by atoms with Gasteiger partial charge in [-0.1, -0.05) is 24.3 Å². The van der Waals surface area contributed by atoms with Crippen molar-refractivity contribution < 1.29 is 14.3 Å². The van der Waals surface area contributed by atoms with Crippen molar-refractivity contribution in [2.45, 2.75) is 27.3 Å². The third kappa shape index (κ3) is 5.23. The third-order valence-electron chi connectivity index (χ3n) is 4.14. The minimum absolute atomic E-state index is 0.0252. The Morgan fingerprint density at radius 2 is 1.81 bits per heavy atom. The summed E-state index contributed by atoms with van der Waals surface area (Å²) in [5.74, 6) is 1.41. The monoisotopic (exact) mass is 356 g/mol. The van der Waals surface area contributed by atoms with Crippen molar-refractivity contribution in [3.05, 3.63) is 53.1 Å². The first-order valence-electron chi connectivity index (χ1n) is 8.79. The first-order valence-corrected chi connectivity index (χ1v) is 8.79. The molecule has 0 saturated heterocycles. The molecule has 1 N–H and O–H groups in total. The van der Waals surface area contributed by atoms with E-state index >= 15 is 0 Å². The van der Waals surface area contributed by atoms with Gasteiger partial charge >= 0.3 is 0 Å². The minimum atomic E-state index is -0.0252. The Kier molecular flexibility index (Phi) is 7.04. The third-order valence-corrected chi connectivity index (χ3v) is 4.14. The fraction of sp³-hybridized carbons (Fsp3) is 0.381. The normalized spacial score (nSPS) is 10.7. The number of anilines is 1. The Morgan fingerprint density at radius 1 is 1.12 bits per heavy atom. The lowest BCUT2D eigenvalue weighted by Gasteiger charge is -2.19. The summed E-state index contributed by atoms with van der Waals surface area (Å²) in [4.78, 5) is 14.4. The SMILES string of the molecule is CCOc1ccc(CN(C)CC(=O)Nc2c(C)cccc2C)cc1OC. The van der Waals surface area contributed by atoms with Crippen molar-refractivity contribution in [3.8, 4) is 11.5 Å². The van der Waals surface area contributed by atoms with E-state index in [1.54, 1.807) is 7.11 Å². The molecule has 2 rings (SSSR count). The summed E-state index contributed by atoms with van der Waals surface area (Å²) in [7, 11) is 3.55. The van der Waals surface area contributed by atoms with Crippen LogP contribution in [0.25, 0.3) is 0 Å². The van der Waals surface area contributed by atoms with Crippen LogP contribution >= 0.6 is 0 Å². The van der Waals surface area contributed by atoms with Crippen LogP contribution in [0.5, 0.6) is 11.5 Å². The second kappa shape index (κ2) is 9.25. The first-order chi connectivity index (χ1) is 12.4. The van der Waals surface area contributed by atoms with Gasteiger partial charge in [-0.15, -0.1) is 0 Å². The number of hydrogen-bond donors (Lipinski definition) is 1. The van der Waals surface area contributed by atoms with Crippen LogP contribution in [0.3, 0.4) is 0 Å². The summed E-state index contributed by atoms with van der Waals surface area (Å²) in [5, 5.41) is 3.02. The number of amides is 1. The van der Waals surface area contributed by atoms with Gasteiger partial charge in [0.2, 0.25) is 5.91 Å². The number of likely N-dealkylation sites (N-methyl/N-ethyl adjacent to an activating group) is 1. The molecule has 0 saturated carbocycles. The highest BCUT2D eigenvalue weighted by Gasteiger charge is 2.12. The van der Waals surface area contributed by atoms with E-state index in [0.29, 0.717) is 25.4 Å². The molecule has 26 heavy (non-hydrogen) atoms. The van der Waals surface area contributed by atoms with Crippen LogP contribution in [0, 0.1) is 13.8 Å². The van der Waals surface area contributed by atoms with Gasteiger partial charge < -0.3 is 14.8 Å². The van der Waals surface area contributed by atoms with Crippen LogP contribution in [0.2, 0.25) is 0 Å². The molecular formula is C21H28N2O3. The number of carbonyl (C=O) groups excluding carboxylic acids is 1. The number of aryl methyl sites for hydroxylation is 2. The second-order valence-electron chi connectivity index (χ2n) is 6.41. The average molecular weight is 356 g/mol. The lowest BCUT2D eigenvalue weighted by atomic mass is 10.1. The number of hydrogen-bond acceptors (Lipinski definition) is 4.